The van der Waals surface area contributed by atoms with Gasteiger partial charge >= 0.3 is 0 Å². The van der Waals surface area contributed by atoms with Crippen molar-refractivity contribution in [2.75, 3.05) is 61.0 Å². The van der Waals surface area contributed by atoms with Crippen LogP contribution in [-0.2, 0) is 0 Å². The summed E-state index contributed by atoms with van der Waals surface area (Å²) in [6.07, 6.45) is 17.3. The normalized spacial score (nSPS) is 12.7. The van der Waals surface area contributed by atoms with Gasteiger partial charge in [-0.3, -0.25) is 0 Å². The third kappa shape index (κ3) is 17.3. The van der Waals surface area contributed by atoms with Gasteiger partial charge in [0.1, 0.15) is 13.1 Å². The fraction of sp³-hybridized carbons (Fsp3) is 1.00. The maximum absolute atomic E-state index is 8.77. The van der Waals surface area contributed by atoms with E-state index in [1.807, 2.05) is 0 Å². The molecule has 1 N–H and O–H groups in total. The monoisotopic (exact) mass is 372 g/mol. The highest BCUT2D eigenvalue weighted by Crippen LogP contribution is 2.12. The van der Waals surface area contributed by atoms with Crippen LogP contribution in [0, 0.1) is 0 Å². The summed E-state index contributed by atoms with van der Waals surface area (Å²) in [7, 11) is 9.65. The van der Waals surface area contributed by atoms with E-state index in [-0.39, 0.29) is 0 Å². The zero-order valence-corrected chi connectivity index (χ0v) is 19.1. The van der Waals surface area contributed by atoms with Crippen molar-refractivity contribution < 1.29 is 14.1 Å². The Hall–Kier alpha value is -0.120. The Bertz CT molecular complexity index is 303. The van der Waals surface area contributed by atoms with E-state index in [1.54, 1.807) is 0 Å². The highest BCUT2D eigenvalue weighted by molar-refractivity contribution is 4.48. The van der Waals surface area contributed by atoms with Crippen molar-refractivity contribution in [3.63, 3.8) is 0 Å². The Morgan fingerprint density at radius 1 is 0.462 bits per heavy atom. The van der Waals surface area contributed by atoms with Crippen molar-refractivity contribution in [2.24, 2.45) is 0 Å². The molecule has 158 valence electrons. The number of likely N-dealkylation sites (N-methyl/N-ethyl adjacent to an activating group) is 2. The number of hydrogen-bond donors (Lipinski definition) is 1. The molecule has 0 aliphatic rings. The van der Waals surface area contributed by atoms with Crippen LogP contribution in [-0.4, -0.2) is 75.0 Å². The topological polar surface area (TPSA) is 20.2 Å². The lowest BCUT2D eigenvalue weighted by Crippen LogP contribution is -2.51. The van der Waals surface area contributed by atoms with E-state index in [4.69, 9.17) is 5.11 Å². The molecule has 0 atom stereocenters. The molecule has 3 heteroatoms. The van der Waals surface area contributed by atoms with E-state index >= 15 is 0 Å². The molecule has 0 bridgehead atoms. The largest absolute Gasteiger partial charge is 0.396 e. The molecule has 0 spiro atoms. The van der Waals surface area contributed by atoms with Crippen LogP contribution in [0.1, 0.15) is 90.4 Å². The summed E-state index contributed by atoms with van der Waals surface area (Å²) in [5.41, 5.74) is 0. The van der Waals surface area contributed by atoms with Gasteiger partial charge in [0.05, 0.1) is 41.3 Å². The third-order valence-electron chi connectivity index (χ3n) is 5.85. The molecular formula is C23H52N2O+2. The summed E-state index contributed by atoms with van der Waals surface area (Å²) in [4.78, 5) is 0. The average Bonchev–Trinajstić information content (AvgIpc) is 2.59. The Kier molecular flexibility index (Phi) is 15.8. The Morgan fingerprint density at radius 3 is 1.19 bits per heavy atom. The van der Waals surface area contributed by atoms with Gasteiger partial charge in [0.15, 0.2) is 0 Å². The molecule has 0 radical (unpaired) electrons. The highest BCUT2D eigenvalue weighted by Gasteiger charge is 2.22. The van der Waals surface area contributed by atoms with Gasteiger partial charge in [0.25, 0.3) is 0 Å². The summed E-state index contributed by atoms with van der Waals surface area (Å²) in [5.74, 6) is 0. The van der Waals surface area contributed by atoms with Crippen molar-refractivity contribution >= 4 is 0 Å². The van der Waals surface area contributed by atoms with Crippen molar-refractivity contribution in [1.29, 1.82) is 0 Å². The first kappa shape index (κ1) is 25.9. The zero-order valence-electron chi connectivity index (χ0n) is 19.1. The smallest absolute Gasteiger partial charge is 0.128 e. The van der Waals surface area contributed by atoms with E-state index in [0.717, 1.165) is 6.42 Å². The van der Waals surface area contributed by atoms with E-state index in [0.29, 0.717) is 6.61 Å². The van der Waals surface area contributed by atoms with Crippen LogP contribution < -0.4 is 0 Å². The molecule has 0 aliphatic carbocycles. The first-order chi connectivity index (χ1) is 12.3. The van der Waals surface area contributed by atoms with Gasteiger partial charge in [0.2, 0.25) is 0 Å². The number of rotatable bonds is 19. The summed E-state index contributed by atoms with van der Waals surface area (Å²) < 4.78 is 2.36. The van der Waals surface area contributed by atoms with E-state index in [2.05, 4.69) is 35.1 Å². The number of unbranched alkanes of at least 4 members (excludes halogenated alkanes) is 11. The molecule has 0 saturated carbocycles. The minimum atomic E-state index is 0.364. The van der Waals surface area contributed by atoms with Crippen LogP contribution in [0.25, 0.3) is 0 Å². The Balaban J connectivity index is 3.65. The standard InChI is InChI=1S/C23H52N2O/c1-6-7-8-16-19-24(2,3)21-22-25(4,5)20-17-14-12-10-9-11-13-15-18-23-26/h26H,6-23H2,1-5H3/q+2. The number of nitrogens with zero attached hydrogens (tertiary/aromatic N) is 2. The van der Waals surface area contributed by atoms with Crippen LogP contribution in [0.5, 0.6) is 0 Å². The average molecular weight is 373 g/mol. The molecule has 0 aromatic carbocycles. The van der Waals surface area contributed by atoms with Crippen LogP contribution in [0.15, 0.2) is 0 Å². The van der Waals surface area contributed by atoms with E-state index < -0.39 is 0 Å². The second-order valence-corrected chi connectivity index (χ2v) is 9.73. The fourth-order valence-electron chi connectivity index (χ4n) is 3.62. The molecule has 0 aromatic heterocycles. The van der Waals surface area contributed by atoms with Gasteiger partial charge < -0.3 is 14.1 Å². The molecule has 0 rings (SSSR count). The predicted octanol–water partition coefficient (Wildman–Crippen LogP) is 5.22. The van der Waals surface area contributed by atoms with Crippen LogP contribution in [0.2, 0.25) is 0 Å². The summed E-state index contributed by atoms with van der Waals surface area (Å²) in [6.45, 7) is 7.91. The molecular weight excluding hydrogens is 320 g/mol. The molecule has 0 amide bonds. The van der Waals surface area contributed by atoms with Crippen molar-refractivity contribution in [2.45, 2.75) is 90.4 Å². The van der Waals surface area contributed by atoms with Crippen LogP contribution in [0.4, 0.5) is 0 Å². The lowest BCUT2D eigenvalue weighted by molar-refractivity contribution is -0.946. The number of aliphatic hydroxyl groups is 1. The second-order valence-electron chi connectivity index (χ2n) is 9.73. The maximum atomic E-state index is 8.77. The van der Waals surface area contributed by atoms with Gasteiger partial charge in [0, 0.05) is 6.61 Å². The second kappa shape index (κ2) is 15.9. The first-order valence-corrected chi connectivity index (χ1v) is 11.6. The van der Waals surface area contributed by atoms with E-state index in [9.17, 15) is 0 Å². The van der Waals surface area contributed by atoms with Gasteiger partial charge in [-0.1, -0.05) is 58.3 Å². The van der Waals surface area contributed by atoms with Gasteiger partial charge in [-0.15, -0.1) is 0 Å². The van der Waals surface area contributed by atoms with E-state index in [1.165, 1.54) is 112 Å². The summed E-state index contributed by atoms with van der Waals surface area (Å²) >= 11 is 0. The predicted molar refractivity (Wildman–Crippen MR) is 116 cm³/mol. The first-order valence-electron chi connectivity index (χ1n) is 11.6. The minimum absolute atomic E-state index is 0.364. The molecule has 0 heterocycles. The van der Waals surface area contributed by atoms with Crippen molar-refractivity contribution in [3.05, 3.63) is 0 Å². The quantitative estimate of drug-likeness (QED) is 0.243. The third-order valence-corrected chi connectivity index (χ3v) is 5.85. The van der Waals surface area contributed by atoms with Gasteiger partial charge in [-0.05, 0) is 32.1 Å². The molecule has 0 fully saturated rings. The van der Waals surface area contributed by atoms with Crippen molar-refractivity contribution in [1.82, 2.24) is 0 Å². The van der Waals surface area contributed by atoms with Gasteiger partial charge in [-0.25, -0.2) is 0 Å². The summed E-state index contributed by atoms with van der Waals surface area (Å²) in [5, 5.41) is 8.77. The Morgan fingerprint density at radius 2 is 0.808 bits per heavy atom. The van der Waals surface area contributed by atoms with Crippen LogP contribution in [0.3, 0.4) is 0 Å². The zero-order chi connectivity index (χ0) is 19.7. The van der Waals surface area contributed by atoms with Gasteiger partial charge in [-0.2, -0.15) is 0 Å². The molecule has 0 aromatic rings. The number of aliphatic hydroxyl groups excluding tert-OH is 1. The Labute approximate surface area is 166 Å². The molecule has 0 saturated heterocycles. The molecule has 26 heavy (non-hydrogen) atoms. The highest BCUT2D eigenvalue weighted by atomic mass is 16.2. The fourth-order valence-corrected chi connectivity index (χ4v) is 3.62. The molecule has 0 aliphatic heterocycles. The van der Waals surface area contributed by atoms with Crippen molar-refractivity contribution in [3.8, 4) is 0 Å². The summed E-state index contributed by atoms with van der Waals surface area (Å²) in [6, 6.07) is 0. The maximum Gasteiger partial charge on any atom is 0.128 e. The SMILES string of the molecule is CCCCCC[N+](C)(C)CC[N+](C)(C)CCCCCCCCCCCO. The minimum Gasteiger partial charge on any atom is -0.396 e. The molecule has 0 unspecified atom stereocenters. The number of hydrogen-bond acceptors (Lipinski definition) is 1. The lowest BCUT2D eigenvalue weighted by atomic mass is 10.1. The lowest BCUT2D eigenvalue weighted by Gasteiger charge is -2.36. The van der Waals surface area contributed by atoms with Crippen LogP contribution >= 0.6 is 0 Å². The molecule has 3 nitrogen and oxygen atoms in total. The number of quaternary nitrogens is 2.